The summed E-state index contributed by atoms with van der Waals surface area (Å²) in [5, 5.41) is 8.97. The van der Waals surface area contributed by atoms with Crippen molar-refractivity contribution in [1.82, 2.24) is 9.97 Å². The summed E-state index contributed by atoms with van der Waals surface area (Å²) in [7, 11) is 0. The van der Waals surface area contributed by atoms with E-state index in [4.69, 9.17) is 5.11 Å². The number of hydrogen-bond acceptors (Lipinski definition) is 3. The maximum Gasteiger partial charge on any atom is 0.306 e. The van der Waals surface area contributed by atoms with Crippen LogP contribution in [0.4, 0.5) is 0 Å². The molecule has 0 bridgehead atoms. The normalized spacial score (nSPS) is 16.6. The number of nitrogens with zero attached hydrogens (tertiary/aromatic N) is 2. The average Bonchev–Trinajstić information content (AvgIpc) is 3.06. The number of rotatable bonds is 5. The van der Waals surface area contributed by atoms with Crippen LogP contribution in [0.3, 0.4) is 0 Å². The average molecular weight is 248 g/mol. The largest absolute Gasteiger partial charge is 0.481 e. The van der Waals surface area contributed by atoms with Gasteiger partial charge in [-0.1, -0.05) is 6.92 Å². The molecule has 1 N–H and O–H groups in total. The van der Waals surface area contributed by atoms with Gasteiger partial charge in [-0.05, 0) is 44.6 Å². The first-order valence-corrected chi connectivity index (χ1v) is 6.53. The highest BCUT2D eigenvalue weighted by Crippen LogP contribution is 2.32. The van der Waals surface area contributed by atoms with Gasteiger partial charge < -0.3 is 5.11 Å². The van der Waals surface area contributed by atoms with Gasteiger partial charge in [-0.3, -0.25) is 4.79 Å². The third-order valence-electron chi connectivity index (χ3n) is 3.57. The van der Waals surface area contributed by atoms with Crippen LogP contribution in [0.1, 0.15) is 42.5 Å². The van der Waals surface area contributed by atoms with Crippen molar-refractivity contribution >= 4 is 5.97 Å². The van der Waals surface area contributed by atoms with E-state index in [-0.39, 0.29) is 5.92 Å². The lowest BCUT2D eigenvalue weighted by Crippen LogP contribution is -2.15. The number of carboxylic acids is 1. The Morgan fingerprint density at radius 1 is 1.33 bits per heavy atom. The van der Waals surface area contributed by atoms with E-state index < -0.39 is 5.97 Å². The quantitative estimate of drug-likeness (QED) is 0.868. The number of aromatic nitrogens is 2. The fourth-order valence-corrected chi connectivity index (χ4v) is 2.17. The van der Waals surface area contributed by atoms with E-state index in [1.807, 2.05) is 13.8 Å². The molecule has 18 heavy (non-hydrogen) atoms. The summed E-state index contributed by atoms with van der Waals surface area (Å²) in [4.78, 5) is 20.0. The van der Waals surface area contributed by atoms with Gasteiger partial charge in [0.1, 0.15) is 5.82 Å². The Bertz CT molecular complexity index is 444. The summed E-state index contributed by atoms with van der Waals surface area (Å²) in [5.41, 5.74) is 2.86. The Morgan fingerprint density at radius 2 is 1.89 bits per heavy atom. The highest BCUT2D eigenvalue weighted by molar-refractivity contribution is 5.70. The Labute approximate surface area is 107 Å². The summed E-state index contributed by atoms with van der Waals surface area (Å²) < 4.78 is 0. The molecule has 1 aromatic heterocycles. The van der Waals surface area contributed by atoms with Gasteiger partial charge in [0.2, 0.25) is 0 Å². The van der Waals surface area contributed by atoms with Crippen molar-refractivity contribution in [2.24, 2.45) is 11.8 Å². The van der Waals surface area contributed by atoms with Crippen molar-refractivity contribution in [2.45, 2.75) is 46.5 Å². The second-order valence-electron chi connectivity index (χ2n) is 5.38. The minimum atomic E-state index is -0.768. The van der Waals surface area contributed by atoms with E-state index in [1.54, 1.807) is 6.92 Å². The summed E-state index contributed by atoms with van der Waals surface area (Å²) in [6.45, 7) is 5.63. The minimum Gasteiger partial charge on any atom is -0.481 e. The lowest BCUT2D eigenvalue weighted by Gasteiger charge is -2.12. The molecule has 0 aromatic carbocycles. The molecule has 1 saturated carbocycles. The van der Waals surface area contributed by atoms with E-state index in [9.17, 15) is 4.79 Å². The lowest BCUT2D eigenvalue weighted by atomic mass is 9.99. The number of aryl methyl sites for hydroxylation is 2. The van der Waals surface area contributed by atoms with Crippen LogP contribution in [0, 0.1) is 25.7 Å². The first kappa shape index (κ1) is 13.0. The molecule has 0 aliphatic heterocycles. The molecule has 1 fully saturated rings. The Kier molecular flexibility index (Phi) is 3.64. The van der Waals surface area contributed by atoms with E-state index in [1.165, 1.54) is 12.8 Å². The van der Waals surface area contributed by atoms with Gasteiger partial charge in [0.05, 0.1) is 5.92 Å². The molecule has 0 radical (unpaired) electrons. The number of aliphatic carboxylic acids is 1. The van der Waals surface area contributed by atoms with Crippen LogP contribution in [-0.2, 0) is 17.6 Å². The highest BCUT2D eigenvalue weighted by atomic mass is 16.4. The van der Waals surface area contributed by atoms with Crippen LogP contribution in [0.15, 0.2) is 0 Å². The molecule has 4 heteroatoms. The number of hydrogen-bond donors (Lipinski definition) is 1. The Morgan fingerprint density at radius 3 is 2.33 bits per heavy atom. The molecule has 1 aromatic rings. The monoisotopic (exact) mass is 248 g/mol. The van der Waals surface area contributed by atoms with Crippen molar-refractivity contribution in [3.05, 3.63) is 22.8 Å². The van der Waals surface area contributed by atoms with Crippen LogP contribution in [0.2, 0.25) is 0 Å². The van der Waals surface area contributed by atoms with Gasteiger partial charge in [-0.2, -0.15) is 0 Å². The Hall–Kier alpha value is -1.45. The second-order valence-corrected chi connectivity index (χ2v) is 5.38. The fourth-order valence-electron chi connectivity index (χ4n) is 2.17. The first-order valence-electron chi connectivity index (χ1n) is 6.53. The zero-order chi connectivity index (χ0) is 13.3. The molecule has 4 nitrogen and oxygen atoms in total. The van der Waals surface area contributed by atoms with Crippen LogP contribution >= 0.6 is 0 Å². The molecule has 0 amide bonds. The topological polar surface area (TPSA) is 63.1 Å². The van der Waals surface area contributed by atoms with Crippen LogP contribution in [-0.4, -0.2) is 21.0 Å². The van der Waals surface area contributed by atoms with Gasteiger partial charge in [0.15, 0.2) is 0 Å². The smallest absolute Gasteiger partial charge is 0.306 e. The van der Waals surface area contributed by atoms with Gasteiger partial charge in [0.25, 0.3) is 0 Å². The Balaban J connectivity index is 2.17. The van der Waals surface area contributed by atoms with Gasteiger partial charge in [-0.15, -0.1) is 0 Å². The number of carboxylic acid groups (broad SMARTS) is 1. The first-order chi connectivity index (χ1) is 8.47. The van der Waals surface area contributed by atoms with Crippen molar-refractivity contribution < 1.29 is 9.90 Å². The van der Waals surface area contributed by atoms with E-state index in [0.717, 1.165) is 35.1 Å². The van der Waals surface area contributed by atoms with E-state index in [2.05, 4.69) is 9.97 Å². The van der Waals surface area contributed by atoms with Crippen LogP contribution in [0.5, 0.6) is 0 Å². The molecular weight excluding hydrogens is 228 g/mol. The third kappa shape index (κ3) is 3.06. The zero-order valence-corrected chi connectivity index (χ0v) is 11.2. The predicted octanol–water partition coefficient (Wildman–Crippen LogP) is 2.31. The van der Waals surface area contributed by atoms with Crippen molar-refractivity contribution in [1.29, 1.82) is 0 Å². The van der Waals surface area contributed by atoms with Gasteiger partial charge >= 0.3 is 5.97 Å². The molecule has 0 saturated heterocycles. The fraction of sp³-hybridized carbons (Fsp3) is 0.643. The molecule has 0 spiro atoms. The maximum absolute atomic E-state index is 10.9. The standard InChI is InChI=1S/C14H20N2O2/c1-8(14(17)18)6-12-9(2)15-13(16-10(12)3)7-11-4-5-11/h8,11H,4-7H2,1-3H3,(H,17,18). The predicted molar refractivity (Wildman–Crippen MR) is 68.4 cm³/mol. The van der Waals surface area contributed by atoms with Gasteiger partial charge in [0, 0.05) is 17.8 Å². The van der Waals surface area contributed by atoms with Gasteiger partial charge in [-0.25, -0.2) is 9.97 Å². The highest BCUT2D eigenvalue weighted by Gasteiger charge is 2.24. The minimum absolute atomic E-state index is 0.389. The third-order valence-corrected chi connectivity index (χ3v) is 3.57. The zero-order valence-electron chi connectivity index (χ0n) is 11.2. The molecule has 1 heterocycles. The molecule has 2 rings (SSSR count). The lowest BCUT2D eigenvalue weighted by molar-refractivity contribution is -0.141. The molecular formula is C14H20N2O2. The summed E-state index contributed by atoms with van der Waals surface area (Å²) >= 11 is 0. The SMILES string of the molecule is Cc1nc(CC2CC2)nc(C)c1CC(C)C(=O)O. The number of carbonyl (C=O) groups is 1. The molecule has 1 aliphatic rings. The molecule has 1 aliphatic carbocycles. The second kappa shape index (κ2) is 5.04. The summed E-state index contributed by atoms with van der Waals surface area (Å²) in [6, 6.07) is 0. The van der Waals surface area contributed by atoms with Crippen LogP contribution in [0.25, 0.3) is 0 Å². The van der Waals surface area contributed by atoms with Crippen LogP contribution < -0.4 is 0 Å². The molecule has 98 valence electrons. The maximum atomic E-state index is 10.9. The molecule has 1 atom stereocenters. The summed E-state index contributed by atoms with van der Waals surface area (Å²) in [5.74, 6) is 0.531. The molecule has 1 unspecified atom stereocenters. The van der Waals surface area contributed by atoms with Crippen molar-refractivity contribution in [3.8, 4) is 0 Å². The summed E-state index contributed by atoms with van der Waals surface area (Å²) in [6.07, 6.45) is 4.06. The van der Waals surface area contributed by atoms with E-state index >= 15 is 0 Å². The van der Waals surface area contributed by atoms with Crippen molar-refractivity contribution in [3.63, 3.8) is 0 Å². The van der Waals surface area contributed by atoms with E-state index in [0.29, 0.717) is 6.42 Å². The van der Waals surface area contributed by atoms with Crippen molar-refractivity contribution in [2.75, 3.05) is 0 Å².